The molecule has 3 aromatic rings. The fraction of sp³-hybridized carbons (Fsp3) is 0.472. The first-order valence-electron chi connectivity index (χ1n) is 17.1. The Morgan fingerprint density at radius 1 is 1.02 bits per heavy atom. The summed E-state index contributed by atoms with van der Waals surface area (Å²) >= 11 is 0. The van der Waals surface area contributed by atoms with Crippen LogP contribution in [0, 0.1) is 5.92 Å². The van der Waals surface area contributed by atoms with Crippen LogP contribution in [-0.2, 0) is 24.4 Å². The maximum Gasteiger partial charge on any atom is 0.259 e. The lowest BCUT2D eigenvalue weighted by Gasteiger charge is -2.30. The summed E-state index contributed by atoms with van der Waals surface area (Å²) in [5, 5.41) is 6.32. The van der Waals surface area contributed by atoms with Gasteiger partial charge in [0.1, 0.15) is 23.7 Å². The van der Waals surface area contributed by atoms with Crippen molar-refractivity contribution in [3.8, 4) is 5.88 Å². The third kappa shape index (κ3) is 6.85. The molecule has 0 bridgehead atoms. The van der Waals surface area contributed by atoms with Crippen LogP contribution in [0.2, 0.25) is 0 Å². The molecule has 4 aliphatic rings. The zero-order valence-electron chi connectivity index (χ0n) is 27.5. The molecule has 2 saturated carbocycles. The summed E-state index contributed by atoms with van der Waals surface area (Å²) < 4.78 is 33.7. The fourth-order valence-corrected chi connectivity index (χ4v) is 8.16. The van der Waals surface area contributed by atoms with E-state index in [2.05, 4.69) is 25.3 Å². The summed E-state index contributed by atoms with van der Waals surface area (Å²) in [5.41, 5.74) is 0.728. The predicted molar refractivity (Wildman–Crippen MR) is 184 cm³/mol. The standard InChI is InChI=1S/C36H42N6O6S/c1-35(18-19-35)49(46,47)41-34(45)36-21-24(36)12-6-3-2-4-9-17-29(38-25-13-7-5-8-14-25)33(44)42-23-26(20-30(42)32(43)40-36)48-31-22-37-27-15-10-11-16-28(27)39-31/h5-8,10-16,22,24,26,29-30,38H,2-4,9,17-21,23H2,1H3,(H,40,43)(H,41,45)/t24-,26-,29+,30+,36-/m1/s1. The lowest BCUT2D eigenvalue weighted by Crippen LogP contribution is -2.58. The molecule has 0 radical (unpaired) electrons. The Labute approximate surface area is 286 Å². The van der Waals surface area contributed by atoms with E-state index < -0.39 is 50.3 Å². The molecule has 2 aromatic carbocycles. The van der Waals surface area contributed by atoms with Gasteiger partial charge in [0.2, 0.25) is 27.7 Å². The van der Waals surface area contributed by atoms with Crippen molar-refractivity contribution in [1.82, 2.24) is 24.9 Å². The molecule has 0 spiro atoms. The highest BCUT2D eigenvalue weighted by Crippen LogP contribution is 2.47. The number of hydrogen-bond donors (Lipinski definition) is 3. The van der Waals surface area contributed by atoms with Crippen LogP contribution < -0.4 is 20.1 Å². The summed E-state index contributed by atoms with van der Waals surface area (Å²) in [5.74, 6) is -1.62. The average Bonchev–Trinajstić information content (AvgIpc) is 3.97. The third-order valence-electron chi connectivity index (χ3n) is 10.3. The molecule has 49 heavy (non-hydrogen) atoms. The summed E-state index contributed by atoms with van der Waals surface area (Å²) in [6.07, 6.45) is 10.1. The van der Waals surface area contributed by atoms with Crippen molar-refractivity contribution in [2.45, 2.75) is 93.2 Å². The number of allylic oxidation sites excluding steroid dienone is 1. The Balaban J connectivity index is 1.18. The normalized spacial score (nSPS) is 28.3. The average molecular weight is 687 g/mol. The van der Waals surface area contributed by atoms with Gasteiger partial charge in [-0.15, -0.1) is 0 Å². The van der Waals surface area contributed by atoms with Crippen LogP contribution in [0.1, 0.15) is 64.7 Å². The molecule has 5 atom stereocenters. The molecule has 2 aliphatic carbocycles. The number of para-hydroxylation sites is 3. The number of carbonyl (C=O) groups excluding carboxylic acids is 3. The second-order valence-corrected chi connectivity index (χ2v) is 16.2. The number of benzene rings is 2. The van der Waals surface area contributed by atoms with Crippen LogP contribution >= 0.6 is 0 Å². The largest absolute Gasteiger partial charge is 0.471 e. The molecule has 1 saturated heterocycles. The summed E-state index contributed by atoms with van der Waals surface area (Å²) in [6.45, 7) is 1.73. The van der Waals surface area contributed by atoms with Crippen LogP contribution in [0.25, 0.3) is 11.0 Å². The topological polar surface area (TPSA) is 160 Å². The van der Waals surface area contributed by atoms with Gasteiger partial charge in [0.25, 0.3) is 5.91 Å². The van der Waals surface area contributed by atoms with E-state index in [9.17, 15) is 22.8 Å². The van der Waals surface area contributed by atoms with Gasteiger partial charge in [-0.2, -0.15) is 0 Å². The number of nitrogens with one attached hydrogen (secondary N) is 3. The van der Waals surface area contributed by atoms with E-state index in [1.807, 2.05) is 66.7 Å². The Hall–Kier alpha value is -4.52. The van der Waals surface area contributed by atoms with Crippen molar-refractivity contribution in [3.05, 3.63) is 72.9 Å². The van der Waals surface area contributed by atoms with Gasteiger partial charge in [-0.25, -0.2) is 18.4 Å². The van der Waals surface area contributed by atoms with Gasteiger partial charge in [-0.1, -0.05) is 55.3 Å². The predicted octanol–water partition coefficient (Wildman–Crippen LogP) is 3.85. The maximum atomic E-state index is 14.4. The third-order valence-corrected chi connectivity index (χ3v) is 12.5. The van der Waals surface area contributed by atoms with Gasteiger partial charge < -0.3 is 20.3 Å². The van der Waals surface area contributed by atoms with Gasteiger partial charge in [-0.3, -0.25) is 19.1 Å². The van der Waals surface area contributed by atoms with Crippen molar-refractivity contribution >= 4 is 44.5 Å². The van der Waals surface area contributed by atoms with Gasteiger partial charge in [-0.05, 0) is 69.7 Å². The minimum atomic E-state index is -3.93. The van der Waals surface area contributed by atoms with E-state index in [1.165, 1.54) is 11.1 Å². The molecule has 3 heterocycles. The summed E-state index contributed by atoms with van der Waals surface area (Å²) in [4.78, 5) is 53.0. The number of fused-ring (bicyclic) bond motifs is 3. The van der Waals surface area contributed by atoms with E-state index in [0.717, 1.165) is 31.4 Å². The quantitative estimate of drug-likeness (QED) is 0.314. The number of carbonyl (C=O) groups is 3. The molecular weight excluding hydrogens is 644 g/mol. The monoisotopic (exact) mass is 686 g/mol. The number of sulfonamides is 1. The molecule has 1 aromatic heterocycles. The fourth-order valence-electron chi connectivity index (χ4n) is 6.85. The lowest BCUT2D eigenvalue weighted by atomic mass is 10.0. The van der Waals surface area contributed by atoms with Gasteiger partial charge >= 0.3 is 0 Å². The highest BCUT2D eigenvalue weighted by atomic mass is 32.2. The van der Waals surface area contributed by atoms with E-state index in [-0.39, 0.29) is 37.1 Å². The molecule has 13 heteroatoms. The highest BCUT2D eigenvalue weighted by molar-refractivity contribution is 7.91. The number of anilines is 1. The first-order valence-corrected chi connectivity index (χ1v) is 18.6. The highest BCUT2D eigenvalue weighted by Gasteiger charge is 2.63. The molecule has 258 valence electrons. The second kappa shape index (κ2) is 13.1. The van der Waals surface area contributed by atoms with Crippen molar-refractivity contribution in [1.29, 1.82) is 0 Å². The number of nitrogens with zero attached hydrogens (tertiary/aromatic N) is 3. The van der Waals surface area contributed by atoms with Crippen LogP contribution in [0.15, 0.2) is 72.9 Å². The van der Waals surface area contributed by atoms with Crippen LogP contribution in [-0.4, -0.2) is 76.0 Å². The summed E-state index contributed by atoms with van der Waals surface area (Å²) in [6, 6.07) is 15.3. The maximum absolute atomic E-state index is 14.4. The lowest BCUT2D eigenvalue weighted by molar-refractivity contribution is -0.140. The first kappa shape index (κ1) is 33.0. The van der Waals surface area contributed by atoms with E-state index >= 15 is 0 Å². The van der Waals surface area contributed by atoms with Gasteiger partial charge in [0.15, 0.2) is 0 Å². The Kier molecular flexibility index (Phi) is 8.80. The number of ether oxygens (including phenoxy) is 1. The van der Waals surface area contributed by atoms with Crippen LogP contribution in [0.5, 0.6) is 5.88 Å². The number of aromatic nitrogens is 2. The van der Waals surface area contributed by atoms with E-state index in [0.29, 0.717) is 30.3 Å². The Morgan fingerprint density at radius 3 is 2.55 bits per heavy atom. The molecule has 3 fully saturated rings. The Morgan fingerprint density at radius 2 is 1.78 bits per heavy atom. The SMILES string of the molecule is CC1(S(=O)(=O)NC(=O)[C@@]23C[C@H]2C=CCCCCC[C@H](Nc2ccccc2)C(=O)N2C[C@H](Oc4cnc5ccccc5n4)C[C@H]2C(=O)N3)CC1. The molecule has 2 aliphatic heterocycles. The van der Waals surface area contributed by atoms with Crippen molar-refractivity contribution in [2.24, 2.45) is 5.92 Å². The Bertz CT molecular complexity index is 1880. The molecular formula is C36H42N6O6S. The zero-order valence-corrected chi connectivity index (χ0v) is 28.3. The first-order chi connectivity index (χ1) is 23.6. The summed E-state index contributed by atoms with van der Waals surface area (Å²) in [7, 11) is -3.93. The molecule has 3 N–H and O–H groups in total. The van der Waals surface area contributed by atoms with E-state index in [4.69, 9.17) is 4.74 Å². The zero-order chi connectivity index (χ0) is 34.2. The minimum absolute atomic E-state index is 0.119. The molecule has 3 amide bonds. The molecule has 0 unspecified atom stereocenters. The van der Waals surface area contributed by atoms with Gasteiger partial charge in [0.05, 0.1) is 28.5 Å². The van der Waals surface area contributed by atoms with Crippen LogP contribution in [0.3, 0.4) is 0 Å². The minimum Gasteiger partial charge on any atom is -0.471 e. The van der Waals surface area contributed by atoms with Crippen molar-refractivity contribution in [2.75, 3.05) is 11.9 Å². The second-order valence-electron chi connectivity index (χ2n) is 14.0. The smallest absolute Gasteiger partial charge is 0.259 e. The number of rotatable bonds is 7. The van der Waals surface area contributed by atoms with Crippen molar-refractivity contribution < 1.29 is 27.5 Å². The molecule has 7 rings (SSSR count). The van der Waals surface area contributed by atoms with Gasteiger partial charge in [0, 0.05) is 18.0 Å². The molecule has 12 nitrogen and oxygen atoms in total. The van der Waals surface area contributed by atoms with E-state index in [1.54, 1.807) is 6.92 Å². The van der Waals surface area contributed by atoms with Crippen LogP contribution in [0.4, 0.5) is 5.69 Å². The number of amides is 3. The van der Waals surface area contributed by atoms with Crippen molar-refractivity contribution in [3.63, 3.8) is 0 Å². The number of hydrogen-bond acceptors (Lipinski definition) is 9.